The van der Waals surface area contributed by atoms with E-state index in [9.17, 15) is 0 Å². The molecule has 70 valence electrons. The Bertz CT molecular complexity index is 176. The van der Waals surface area contributed by atoms with E-state index in [1.54, 1.807) is 0 Å². The molecule has 0 heteroatoms. The quantitative estimate of drug-likeness (QED) is 0.479. The SMILES string of the molecule is CC.CC1C=CC2CC1C2(C)C. The molecule has 3 atom stereocenters. The van der Waals surface area contributed by atoms with Gasteiger partial charge in [0.25, 0.3) is 0 Å². The zero-order chi connectivity index (χ0) is 9.35. The second-order valence-electron chi connectivity index (χ2n) is 4.51. The molecular weight excluding hydrogens is 144 g/mol. The van der Waals surface area contributed by atoms with Gasteiger partial charge in [-0.2, -0.15) is 0 Å². The van der Waals surface area contributed by atoms with Gasteiger partial charge in [0.1, 0.15) is 0 Å². The molecule has 0 N–H and O–H groups in total. The number of hydrogen-bond acceptors (Lipinski definition) is 0. The van der Waals surface area contributed by atoms with Crippen LogP contribution in [-0.2, 0) is 0 Å². The van der Waals surface area contributed by atoms with Crippen molar-refractivity contribution < 1.29 is 0 Å². The molecule has 0 nitrogen and oxygen atoms in total. The number of hydrogen-bond donors (Lipinski definition) is 0. The van der Waals surface area contributed by atoms with Gasteiger partial charge in [-0.3, -0.25) is 0 Å². The second-order valence-corrected chi connectivity index (χ2v) is 4.51. The van der Waals surface area contributed by atoms with Gasteiger partial charge in [0.05, 0.1) is 0 Å². The summed E-state index contributed by atoms with van der Waals surface area (Å²) in [5.74, 6) is 2.70. The van der Waals surface area contributed by atoms with E-state index in [1.807, 2.05) is 13.8 Å². The lowest BCUT2D eigenvalue weighted by molar-refractivity contribution is -0.0258. The van der Waals surface area contributed by atoms with E-state index in [0.29, 0.717) is 5.41 Å². The summed E-state index contributed by atoms with van der Waals surface area (Å²) in [4.78, 5) is 0. The number of rotatable bonds is 0. The minimum absolute atomic E-state index is 0.619. The van der Waals surface area contributed by atoms with Crippen LogP contribution < -0.4 is 0 Å². The normalized spacial score (nSPS) is 40.9. The van der Waals surface area contributed by atoms with Crippen LogP contribution in [0.1, 0.15) is 41.0 Å². The van der Waals surface area contributed by atoms with Crippen LogP contribution in [0.5, 0.6) is 0 Å². The first-order chi connectivity index (χ1) is 5.62. The van der Waals surface area contributed by atoms with Crippen molar-refractivity contribution in [3.05, 3.63) is 12.2 Å². The molecule has 1 saturated carbocycles. The monoisotopic (exact) mass is 166 g/mol. The summed E-state index contributed by atoms with van der Waals surface area (Å²) in [5.41, 5.74) is 0.619. The molecule has 2 bridgehead atoms. The summed E-state index contributed by atoms with van der Waals surface area (Å²) >= 11 is 0. The average Bonchev–Trinajstić information content (AvgIpc) is 2.07. The van der Waals surface area contributed by atoms with E-state index in [1.165, 1.54) is 6.42 Å². The summed E-state index contributed by atoms with van der Waals surface area (Å²) < 4.78 is 0. The Morgan fingerprint density at radius 3 is 2.00 bits per heavy atom. The molecule has 0 aliphatic heterocycles. The lowest BCUT2D eigenvalue weighted by Gasteiger charge is -2.56. The van der Waals surface area contributed by atoms with Crippen LogP contribution >= 0.6 is 0 Å². The van der Waals surface area contributed by atoms with Crippen LogP contribution in [0.25, 0.3) is 0 Å². The first kappa shape index (κ1) is 9.83. The Hall–Kier alpha value is -0.260. The largest absolute Gasteiger partial charge is 0.0851 e. The summed E-state index contributed by atoms with van der Waals surface area (Å²) in [6.45, 7) is 11.2. The maximum absolute atomic E-state index is 2.42. The summed E-state index contributed by atoms with van der Waals surface area (Å²) in [5, 5.41) is 0. The Kier molecular flexibility index (Phi) is 2.65. The highest BCUT2D eigenvalue weighted by Crippen LogP contribution is 2.58. The van der Waals surface area contributed by atoms with Gasteiger partial charge >= 0.3 is 0 Å². The fourth-order valence-corrected chi connectivity index (χ4v) is 2.66. The molecule has 0 spiro atoms. The molecule has 12 heavy (non-hydrogen) atoms. The third-order valence-corrected chi connectivity index (χ3v) is 3.70. The van der Waals surface area contributed by atoms with E-state index < -0.39 is 0 Å². The predicted molar refractivity (Wildman–Crippen MR) is 55.0 cm³/mol. The topological polar surface area (TPSA) is 0 Å². The zero-order valence-corrected chi connectivity index (χ0v) is 9.09. The first-order valence-electron chi connectivity index (χ1n) is 5.30. The van der Waals surface area contributed by atoms with E-state index in [2.05, 4.69) is 32.9 Å². The standard InChI is InChI=1S/C10H16.C2H6/c1-7-4-5-8-6-9(7)10(8,2)3;1-2/h4-5,7-9H,6H2,1-3H3;1-2H3. The van der Waals surface area contributed by atoms with Gasteiger partial charge in [0.2, 0.25) is 0 Å². The van der Waals surface area contributed by atoms with Gasteiger partial charge in [-0.15, -0.1) is 0 Å². The maximum Gasteiger partial charge on any atom is -0.0176 e. The Labute approximate surface area is 77.1 Å². The minimum Gasteiger partial charge on any atom is -0.0851 e. The molecule has 0 aromatic carbocycles. The molecule has 1 fully saturated rings. The average molecular weight is 166 g/mol. The lowest BCUT2D eigenvalue weighted by Crippen LogP contribution is -2.49. The van der Waals surface area contributed by atoms with E-state index >= 15 is 0 Å². The van der Waals surface area contributed by atoms with E-state index in [4.69, 9.17) is 0 Å². The zero-order valence-electron chi connectivity index (χ0n) is 9.09. The molecule has 0 radical (unpaired) electrons. The summed E-state index contributed by atoms with van der Waals surface area (Å²) in [6, 6.07) is 0. The third-order valence-electron chi connectivity index (χ3n) is 3.70. The van der Waals surface area contributed by atoms with Crippen LogP contribution in [-0.4, -0.2) is 0 Å². The Morgan fingerprint density at radius 1 is 1.17 bits per heavy atom. The predicted octanol–water partition coefficient (Wildman–Crippen LogP) is 3.88. The Morgan fingerprint density at radius 2 is 1.75 bits per heavy atom. The minimum atomic E-state index is 0.619. The number of allylic oxidation sites excluding steroid dienone is 2. The molecule has 3 aliphatic carbocycles. The van der Waals surface area contributed by atoms with Crippen molar-refractivity contribution in [1.82, 2.24) is 0 Å². The third kappa shape index (κ3) is 1.22. The fourth-order valence-electron chi connectivity index (χ4n) is 2.66. The smallest absolute Gasteiger partial charge is 0.0176 e. The molecule has 0 heterocycles. The van der Waals surface area contributed by atoms with Gasteiger partial charge in [-0.1, -0.05) is 46.8 Å². The fraction of sp³-hybridized carbons (Fsp3) is 0.833. The molecule has 0 saturated heterocycles. The van der Waals surface area contributed by atoms with Crippen molar-refractivity contribution in [1.29, 1.82) is 0 Å². The van der Waals surface area contributed by atoms with Gasteiger partial charge in [0, 0.05) is 0 Å². The van der Waals surface area contributed by atoms with Crippen molar-refractivity contribution >= 4 is 0 Å². The molecule has 0 aromatic heterocycles. The van der Waals surface area contributed by atoms with E-state index in [-0.39, 0.29) is 0 Å². The maximum atomic E-state index is 2.42. The molecule has 0 aromatic rings. The van der Waals surface area contributed by atoms with Gasteiger partial charge in [-0.05, 0) is 29.6 Å². The highest BCUT2D eigenvalue weighted by molar-refractivity contribution is 5.15. The molecule has 0 amide bonds. The van der Waals surface area contributed by atoms with Crippen molar-refractivity contribution in [3.8, 4) is 0 Å². The van der Waals surface area contributed by atoms with Crippen molar-refractivity contribution in [2.24, 2.45) is 23.2 Å². The van der Waals surface area contributed by atoms with Crippen LogP contribution in [0.2, 0.25) is 0 Å². The van der Waals surface area contributed by atoms with E-state index in [0.717, 1.165) is 17.8 Å². The summed E-state index contributed by atoms with van der Waals surface area (Å²) in [7, 11) is 0. The van der Waals surface area contributed by atoms with Crippen molar-refractivity contribution in [3.63, 3.8) is 0 Å². The van der Waals surface area contributed by atoms with Gasteiger partial charge < -0.3 is 0 Å². The van der Waals surface area contributed by atoms with Crippen LogP contribution in [0.3, 0.4) is 0 Å². The molecule has 3 aliphatic rings. The van der Waals surface area contributed by atoms with Crippen LogP contribution in [0.15, 0.2) is 12.2 Å². The van der Waals surface area contributed by atoms with Crippen molar-refractivity contribution in [2.45, 2.75) is 41.0 Å². The molecule has 3 unspecified atom stereocenters. The molecular formula is C12H22. The van der Waals surface area contributed by atoms with Crippen LogP contribution in [0.4, 0.5) is 0 Å². The van der Waals surface area contributed by atoms with Crippen LogP contribution in [0, 0.1) is 23.2 Å². The first-order valence-corrected chi connectivity index (χ1v) is 5.30. The van der Waals surface area contributed by atoms with Crippen molar-refractivity contribution in [2.75, 3.05) is 0 Å². The molecule has 3 rings (SSSR count). The van der Waals surface area contributed by atoms with Gasteiger partial charge in [-0.25, -0.2) is 0 Å². The Balaban J connectivity index is 0.000000336. The number of fused-ring (bicyclic) bond motifs is 1. The lowest BCUT2D eigenvalue weighted by atomic mass is 9.48. The summed E-state index contributed by atoms with van der Waals surface area (Å²) in [6.07, 6.45) is 6.26. The highest BCUT2D eigenvalue weighted by atomic mass is 14.5. The van der Waals surface area contributed by atoms with Gasteiger partial charge in [0.15, 0.2) is 0 Å². The second kappa shape index (κ2) is 3.24. The highest BCUT2D eigenvalue weighted by Gasteiger charge is 2.50.